The molecule has 1 aromatic heterocycles. The molecular weight excluding hydrogens is 406 g/mol. The summed E-state index contributed by atoms with van der Waals surface area (Å²) < 4.78 is 1.14. The number of pyridine rings is 1. The number of benzene rings is 3. The summed E-state index contributed by atoms with van der Waals surface area (Å²) in [5.41, 5.74) is 3.63. The van der Waals surface area contributed by atoms with E-state index in [1.807, 2.05) is 0 Å². The van der Waals surface area contributed by atoms with Gasteiger partial charge in [0.2, 0.25) is 0 Å². The summed E-state index contributed by atoms with van der Waals surface area (Å²) in [6.45, 7) is 4.54. The van der Waals surface area contributed by atoms with Gasteiger partial charge in [-0.05, 0) is 45.5 Å². The molecule has 0 saturated carbocycles. The second-order valence-corrected chi connectivity index (χ2v) is 9.20. The highest BCUT2D eigenvalue weighted by atomic mass is 79.9. The van der Waals surface area contributed by atoms with Crippen LogP contribution in [0.15, 0.2) is 76.8 Å². The number of hydrogen-bond acceptors (Lipinski definition) is 1. The van der Waals surface area contributed by atoms with Crippen molar-refractivity contribution in [3.05, 3.63) is 87.4 Å². The van der Waals surface area contributed by atoms with Crippen LogP contribution in [0.1, 0.15) is 13.8 Å². The normalized spacial score (nSPS) is 17.3. The average Bonchev–Trinajstić information content (AvgIpc) is 3.04. The SMILES string of the molecule is CC1(C)C=C(Br)C=C2C=c3cc4c5ccccc5c5ccccc5c4nc3=C21. The van der Waals surface area contributed by atoms with E-state index >= 15 is 0 Å². The van der Waals surface area contributed by atoms with Crippen molar-refractivity contribution in [2.75, 3.05) is 0 Å². The molecular formula is C26H18BrN. The van der Waals surface area contributed by atoms with Crippen LogP contribution in [0.3, 0.4) is 0 Å². The van der Waals surface area contributed by atoms with Crippen molar-refractivity contribution in [2.24, 2.45) is 5.41 Å². The van der Waals surface area contributed by atoms with Crippen LogP contribution in [0, 0.1) is 5.41 Å². The zero-order chi connectivity index (χ0) is 19.0. The molecule has 1 heterocycles. The quantitative estimate of drug-likeness (QED) is 0.329. The number of nitrogens with zero attached hydrogens (tertiary/aromatic N) is 1. The zero-order valence-corrected chi connectivity index (χ0v) is 17.3. The highest BCUT2D eigenvalue weighted by Crippen LogP contribution is 2.42. The predicted molar refractivity (Wildman–Crippen MR) is 123 cm³/mol. The first kappa shape index (κ1) is 16.3. The van der Waals surface area contributed by atoms with Crippen LogP contribution >= 0.6 is 15.9 Å². The van der Waals surface area contributed by atoms with Crippen LogP contribution < -0.4 is 10.6 Å². The molecule has 0 bridgehead atoms. The largest absolute Gasteiger partial charge is 0.247 e. The molecule has 0 fully saturated rings. The van der Waals surface area contributed by atoms with E-state index in [9.17, 15) is 0 Å². The van der Waals surface area contributed by atoms with Gasteiger partial charge < -0.3 is 0 Å². The molecule has 0 spiro atoms. The fourth-order valence-electron chi connectivity index (χ4n) is 4.90. The van der Waals surface area contributed by atoms with Gasteiger partial charge in [0.25, 0.3) is 0 Å². The first-order valence-electron chi connectivity index (χ1n) is 9.60. The van der Waals surface area contributed by atoms with E-state index in [-0.39, 0.29) is 5.41 Å². The van der Waals surface area contributed by atoms with E-state index in [0.29, 0.717) is 0 Å². The first-order valence-corrected chi connectivity index (χ1v) is 10.4. The smallest absolute Gasteiger partial charge is 0.0794 e. The van der Waals surface area contributed by atoms with Crippen molar-refractivity contribution in [2.45, 2.75) is 13.8 Å². The van der Waals surface area contributed by atoms with E-state index in [0.717, 1.165) is 15.3 Å². The Morgan fingerprint density at radius 3 is 2.11 bits per heavy atom. The number of allylic oxidation sites excluding steroid dienone is 4. The average molecular weight is 424 g/mol. The Morgan fingerprint density at radius 2 is 1.39 bits per heavy atom. The summed E-state index contributed by atoms with van der Waals surface area (Å²) in [5.74, 6) is 0. The Bertz CT molecular complexity index is 1530. The minimum atomic E-state index is -0.0575. The number of aromatic nitrogens is 1. The van der Waals surface area contributed by atoms with Crippen LogP contribution in [-0.4, -0.2) is 4.98 Å². The van der Waals surface area contributed by atoms with Gasteiger partial charge in [-0.15, -0.1) is 0 Å². The van der Waals surface area contributed by atoms with E-state index < -0.39 is 0 Å². The zero-order valence-electron chi connectivity index (χ0n) is 15.8. The lowest BCUT2D eigenvalue weighted by Gasteiger charge is -2.27. The molecule has 134 valence electrons. The number of halogens is 1. The van der Waals surface area contributed by atoms with Crippen molar-refractivity contribution >= 4 is 60.0 Å². The van der Waals surface area contributed by atoms with Gasteiger partial charge in [0.1, 0.15) is 0 Å². The molecule has 4 aromatic rings. The summed E-state index contributed by atoms with van der Waals surface area (Å²) in [6, 6.07) is 19.6. The fourth-order valence-corrected chi connectivity index (χ4v) is 5.72. The molecule has 0 saturated heterocycles. The molecule has 28 heavy (non-hydrogen) atoms. The maximum absolute atomic E-state index is 5.29. The Labute approximate surface area is 171 Å². The predicted octanol–water partition coefficient (Wildman–Crippen LogP) is 5.73. The van der Waals surface area contributed by atoms with Gasteiger partial charge in [-0.3, -0.25) is 0 Å². The molecule has 2 aliphatic carbocycles. The van der Waals surface area contributed by atoms with Gasteiger partial charge in [0.05, 0.1) is 10.9 Å². The lowest BCUT2D eigenvalue weighted by Crippen LogP contribution is -2.31. The van der Waals surface area contributed by atoms with Crippen LogP contribution in [0.25, 0.3) is 44.1 Å². The molecule has 2 heteroatoms. The Kier molecular flexibility index (Phi) is 3.15. The van der Waals surface area contributed by atoms with Crippen molar-refractivity contribution in [1.29, 1.82) is 0 Å². The topological polar surface area (TPSA) is 12.9 Å². The molecule has 0 amide bonds. The van der Waals surface area contributed by atoms with Crippen LogP contribution in [0.4, 0.5) is 0 Å². The molecule has 0 radical (unpaired) electrons. The third-order valence-electron chi connectivity index (χ3n) is 6.01. The maximum Gasteiger partial charge on any atom is 0.0794 e. The minimum Gasteiger partial charge on any atom is -0.247 e. The van der Waals surface area contributed by atoms with Gasteiger partial charge in [0.15, 0.2) is 0 Å². The number of hydrogen-bond donors (Lipinski definition) is 0. The van der Waals surface area contributed by atoms with E-state index in [4.69, 9.17) is 4.98 Å². The summed E-state index contributed by atoms with van der Waals surface area (Å²) >= 11 is 3.69. The highest BCUT2D eigenvalue weighted by molar-refractivity contribution is 9.11. The molecule has 2 aliphatic rings. The Balaban J connectivity index is 1.89. The molecule has 0 N–H and O–H groups in total. The molecule has 6 rings (SSSR count). The lowest BCUT2D eigenvalue weighted by atomic mass is 9.78. The number of fused-ring (bicyclic) bond motifs is 8. The summed E-state index contributed by atoms with van der Waals surface area (Å²) in [6.07, 6.45) is 6.78. The fraction of sp³-hybridized carbons (Fsp3) is 0.115. The van der Waals surface area contributed by atoms with E-state index in [1.54, 1.807) is 0 Å². The second kappa shape index (κ2) is 5.42. The van der Waals surface area contributed by atoms with E-state index in [2.05, 4.69) is 103 Å². The van der Waals surface area contributed by atoms with Crippen LogP contribution in [0.5, 0.6) is 0 Å². The van der Waals surface area contributed by atoms with Gasteiger partial charge in [-0.25, -0.2) is 4.98 Å². The highest BCUT2D eigenvalue weighted by Gasteiger charge is 2.30. The molecule has 1 nitrogen and oxygen atoms in total. The summed E-state index contributed by atoms with van der Waals surface area (Å²) in [5, 5.41) is 8.63. The summed E-state index contributed by atoms with van der Waals surface area (Å²) in [7, 11) is 0. The summed E-state index contributed by atoms with van der Waals surface area (Å²) in [4.78, 5) is 5.29. The van der Waals surface area contributed by atoms with Gasteiger partial charge in [0, 0.05) is 25.9 Å². The van der Waals surface area contributed by atoms with Crippen molar-refractivity contribution < 1.29 is 0 Å². The van der Waals surface area contributed by atoms with Crippen LogP contribution in [0.2, 0.25) is 0 Å². The number of rotatable bonds is 0. The Hall–Kier alpha value is -2.71. The second-order valence-electron chi connectivity index (χ2n) is 8.28. The molecule has 0 aliphatic heterocycles. The first-order chi connectivity index (χ1) is 13.5. The third kappa shape index (κ3) is 2.10. The standard InChI is InChI=1S/C26H18BrN/c1-26(2)14-17(27)12-15-11-16-13-22-20-9-4-3-7-18(20)19-8-5-6-10-21(19)25(22)28-24(16)23(15)26/h3-14H,1-2H3. The van der Waals surface area contributed by atoms with Gasteiger partial charge in [-0.2, -0.15) is 0 Å². The molecule has 0 atom stereocenters. The van der Waals surface area contributed by atoms with Crippen molar-refractivity contribution in [1.82, 2.24) is 4.98 Å². The molecule has 3 aromatic carbocycles. The van der Waals surface area contributed by atoms with Gasteiger partial charge in [-0.1, -0.05) is 84.4 Å². The third-order valence-corrected chi connectivity index (χ3v) is 6.47. The minimum absolute atomic E-state index is 0.0575. The lowest BCUT2D eigenvalue weighted by molar-refractivity contribution is 0.641. The molecule has 0 unspecified atom stereocenters. The Morgan fingerprint density at radius 1 is 0.786 bits per heavy atom. The van der Waals surface area contributed by atoms with Crippen molar-refractivity contribution in [3.8, 4) is 0 Å². The maximum atomic E-state index is 5.29. The van der Waals surface area contributed by atoms with Crippen LogP contribution in [-0.2, 0) is 0 Å². The van der Waals surface area contributed by atoms with E-state index in [1.165, 1.54) is 43.3 Å². The van der Waals surface area contributed by atoms with Gasteiger partial charge >= 0.3 is 0 Å². The monoisotopic (exact) mass is 423 g/mol. The van der Waals surface area contributed by atoms with Crippen molar-refractivity contribution in [3.63, 3.8) is 0 Å².